The summed E-state index contributed by atoms with van der Waals surface area (Å²) in [5, 5.41) is 13.4. The van der Waals surface area contributed by atoms with E-state index < -0.39 is 0 Å². The molecule has 0 amide bonds. The first-order valence-electron chi connectivity index (χ1n) is 6.76. The van der Waals surface area contributed by atoms with Crippen LogP contribution < -0.4 is 5.32 Å². The van der Waals surface area contributed by atoms with Crippen molar-refractivity contribution in [3.63, 3.8) is 0 Å². The van der Waals surface area contributed by atoms with Crippen LogP contribution in [0, 0.1) is 0 Å². The van der Waals surface area contributed by atoms with Gasteiger partial charge in [0, 0.05) is 23.3 Å². The molecular formula is C13H25N3OS2. The fourth-order valence-corrected chi connectivity index (χ4v) is 4.37. The molecule has 0 saturated heterocycles. The van der Waals surface area contributed by atoms with Gasteiger partial charge in [0.25, 0.3) is 0 Å². The summed E-state index contributed by atoms with van der Waals surface area (Å²) >= 11 is 3.21. The second-order valence-electron chi connectivity index (χ2n) is 5.48. The van der Waals surface area contributed by atoms with Gasteiger partial charge in [-0.3, -0.25) is 0 Å². The van der Waals surface area contributed by atoms with Crippen molar-refractivity contribution in [3.8, 4) is 0 Å². The zero-order valence-corrected chi connectivity index (χ0v) is 14.1. The summed E-state index contributed by atoms with van der Waals surface area (Å²) in [4.78, 5) is 4.47. The molecule has 6 heteroatoms. The molecule has 4 nitrogen and oxygen atoms in total. The number of thioether (sulfide) groups is 1. The third-order valence-corrected chi connectivity index (χ3v) is 4.72. The van der Waals surface area contributed by atoms with Crippen molar-refractivity contribution in [2.75, 3.05) is 6.61 Å². The molecule has 2 unspecified atom stereocenters. The quantitative estimate of drug-likeness (QED) is 0.723. The standard InChI is InChI=1S/C13H25N3OS2/c1-6-11-14-12(19-16-11)18-10(4)7-13(5,8-17)15-9(2)3/h9-10,15,17H,6-8H2,1-5H3. The van der Waals surface area contributed by atoms with Gasteiger partial charge in [-0.2, -0.15) is 4.37 Å². The van der Waals surface area contributed by atoms with Crippen molar-refractivity contribution in [1.82, 2.24) is 14.7 Å². The van der Waals surface area contributed by atoms with Crippen molar-refractivity contribution < 1.29 is 5.11 Å². The smallest absolute Gasteiger partial charge is 0.170 e. The van der Waals surface area contributed by atoms with Crippen molar-refractivity contribution in [2.24, 2.45) is 0 Å². The van der Waals surface area contributed by atoms with Crippen LogP contribution >= 0.6 is 23.3 Å². The summed E-state index contributed by atoms with van der Waals surface area (Å²) in [5.41, 5.74) is -0.237. The largest absolute Gasteiger partial charge is 0.394 e. The molecule has 110 valence electrons. The Morgan fingerprint density at radius 3 is 2.58 bits per heavy atom. The Balaban J connectivity index is 2.55. The molecule has 0 aromatic carbocycles. The lowest BCUT2D eigenvalue weighted by Gasteiger charge is -2.33. The Hall–Kier alpha value is -0.170. The summed E-state index contributed by atoms with van der Waals surface area (Å²) in [5.74, 6) is 0.921. The molecule has 0 fully saturated rings. The number of hydrogen-bond acceptors (Lipinski definition) is 6. The molecule has 0 aliphatic carbocycles. The van der Waals surface area contributed by atoms with E-state index in [2.05, 4.69) is 49.3 Å². The van der Waals surface area contributed by atoms with Gasteiger partial charge in [-0.1, -0.05) is 39.5 Å². The third-order valence-electron chi connectivity index (χ3n) is 2.79. The minimum Gasteiger partial charge on any atom is -0.394 e. The summed E-state index contributed by atoms with van der Waals surface area (Å²) < 4.78 is 5.32. The normalized spacial score (nSPS) is 16.6. The van der Waals surface area contributed by atoms with Crippen LogP contribution in [0.25, 0.3) is 0 Å². The van der Waals surface area contributed by atoms with Crippen molar-refractivity contribution in [1.29, 1.82) is 0 Å². The van der Waals surface area contributed by atoms with Crippen molar-refractivity contribution >= 4 is 23.3 Å². The minimum atomic E-state index is -0.237. The molecule has 1 rings (SSSR count). The zero-order valence-electron chi connectivity index (χ0n) is 12.4. The van der Waals surface area contributed by atoms with Crippen LogP contribution in [0.4, 0.5) is 0 Å². The number of nitrogens with one attached hydrogen (secondary N) is 1. The van der Waals surface area contributed by atoms with Gasteiger partial charge in [0.1, 0.15) is 5.82 Å². The second-order valence-corrected chi connectivity index (χ2v) is 7.92. The highest BCUT2D eigenvalue weighted by Crippen LogP contribution is 2.30. The maximum absolute atomic E-state index is 9.59. The van der Waals surface area contributed by atoms with Crippen LogP contribution in [0.1, 0.15) is 46.9 Å². The predicted molar refractivity (Wildman–Crippen MR) is 83.0 cm³/mol. The van der Waals surface area contributed by atoms with E-state index >= 15 is 0 Å². The van der Waals surface area contributed by atoms with Crippen LogP contribution in [0.15, 0.2) is 4.34 Å². The van der Waals surface area contributed by atoms with Crippen molar-refractivity contribution in [2.45, 2.75) is 68.6 Å². The molecule has 1 aromatic rings. The second kappa shape index (κ2) is 7.57. The number of nitrogens with zero attached hydrogens (tertiary/aromatic N) is 2. The van der Waals surface area contributed by atoms with E-state index in [0.717, 1.165) is 23.0 Å². The molecular weight excluding hydrogens is 278 g/mol. The Labute approximate surface area is 124 Å². The van der Waals surface area contributed by atoms with E-state index in [9.17, 15) is 5.11 Å². The lowest BCUT2D eigenvalue weighted by molar-refractivity contribution is 0.157. The maximum atomic E-state index is 9.59. The van der Waals surface area contributed by atoms with Gasteiger partial charge < -0.3 is 10.4 Å². The Morgan fingerprint density at radius 2 is 2.11 bits per heavy atom. The number of aliphatic hydroxyl groups is 1. The monoisotopic (exact) mass is 303 g/mol. The highest BCUT2D eigenvalue weighted by Gasteiger charge is 2.27. The molecule has 0 saturated carbocycles. The topological polar surface area (TPSA) is 58.0 Å². The number of aryl methyl sites for hydroxylation is 1. The Kier molecular flexibility index (Phi) is 6.73. The van der Waals surface area contributed by atoms with Gasteiger partial charge in [0.2, 0.25) is 0 Å². The fourth-order valence-electron chi connectivity index (χ4n) is 2.14. The third kappa shape index (κ3) is 5.77. The summed E-state index contributed by atoms with van der Waals surface area (Å²) in [6.45, 7) is 10.7. The van der Waals surface area contributed by atoms with Gasteiger partial charge in [0.15, 0.2) is 4.34 Å². The molecule has 2 N–H and O–H groups in total. The zero-order chi connectivity index (χ0) is 14.5. The summed E-state index contributed by atoms with van der Waals surface area (Å²) in [6, 6.07) is 0.363. The first kappa shape index (κ1) is 16.9. The van der Waals surface area contributed by atoms with E-state index in [1.165, 1.54) is 11.5 Å². The predicted octanol–water partition coefficient (Wildman–Crippen LogP) is 2.72. The number of hydrogen-bond donors (Lipinski definition) is 2. The molecule has 0 aliphatic heterocycles. The van der Waals surface area contributed by atoms with E-state index in [1.807, 2.05) is 0 Å². The lowest BCUT2D eigenvalue weighted by atomic mass is 9.96. The van der Waals surface area contributed by atoms with Gasteiger partial charge in [-0.25, -0.2) is 4.98 Å². The van der Waals surface area contributed by atoms with Gasteiger partial charge in [-0.15, -0.1) is 0 Å². The summed E-state index contributed by atoms with van der Waals surface area (Å²) in [6.07, 6.45) is 1.78. The highest BCUT2D eigenvalue weighted by atomic mass is 32.2. The van der Waals surface area contributed by atoms with Gasteiger partial charge >= 0.3 is 0 Å². The number of rotatable bonds is 8. The molecule has 0 spiro atoms. The van der Waals surface area contributed by atoms with Crippen LogP contribution in [0.2, 0.25) is 0 Å². The van der Waals surface area contributed by atoms with Crippen LogP contribution in [-0.2, 0) is 6.42 Å². The summed E-state index contributed by atoms with van der Waals surface area (Å²) in [7, 11) is 0. The average Bonchev–Trinajstić information content (AvgIpc) is 2.75. The highest BCUT2D eigenvalue weighted by molar-refractivity contribution is 8.01. The van der Waals surface area contributed by atoms with E-state index in [4.69, 9.17) is 0 Å². The van der Waals surface area contributed by atoms with Crippen LogP contribution in [-0.4, -0.2) is 37.9 Å². The van der Waals surface area contributed by atoms with Crippen molar-refractivity contribution in [3.05, 3.63) is 5.82 Å². The first-order valence-corrected chi connectivity index (χ1v) is 8.41. The SMILES string of the molecule is CCc1nsc(SC(C)CC(C)(CO)NC(C)C)n1. The lowest BCUT2D eigenvalue weighted by Crippen LogP contribution is -2.50. The Bertz CT molecular complexity index is 384. The molecule has 19 heavy (non-hydrogen) atoms. The first-order chi connectivity index (χ1) is 8.88. The molecule has 0 aliphatic rings. The number of aromatic nitrogens is 2. The van der Waals surface area contributed by atoms with Gasteiger partial charge in [0.05, 0.1) is 6.61 Å². The molecule has 0 radical (unpaired) electrons. The van der Waals surface area contributed by atoms with E-state index in [1.54, 1.807) is 11.8 Å². The average molecular weight is 303 g/mol. The fraction of sp³-hybridized carbons (Fsp3) is 0.846. The minimum absolute atomic E-state index is 0.145. The molecule has 1 aromatic heterocycles. The Morgan fingerprint density at radius 1 is 1.42 bits per heavy atom. The molecule has 1 heterocycles. The number of aliphatic hydroxyl groups excluding tert-OH is 1. The molecule has 2 atom stereocenters. The van der Waals surface area contributed by atoms with Gasteiger partial charge in [-0.05, 0) is 24.9 Å². The van der Waals surface area contributed by atoms with Crippen LogP contribution in [0.5, 0.6) is 0 Å². The van der Waals surface area contributed by atoms with E-state index in [0.29, 0.717) is 11.3 Å². The maximum Gasteiger partial charge on any atom is 0.170 e. The molecule has 0 bridgehead atoms. The van der Waals surface area contributed by atoms with Crippen LogP contribution in [0.3, 0.4) is 0 Å². The van der Waals surface area contributed by atoms with E-state index in [-0.39, 0.29) is 12.1 Å².